The van der Waals surface area contributed by atoms with Gasteiger partial charge in [-0.3, -0.25) is 9.59 Å². The summed E-state index contributed by atoms with van der Waals surface area (Å²) in [6.45, 7) is 7.14. The van der Waals surface area contributed by atoms with Gasteiger partial charge in [-0.25, -0.2) is 0 Å². The molecule has 7 heteroatoms. The van der Waals surface area contributed by atoms with E-state index in [0.29, 0.717) is 18.1 Å². The molecular formula is C23H28ClN3O3. The van der Waals surface area contributed by atoms with Crippen LogP contribution in [0.1, 0.15) is 17.5 Å². The van der Waals surface area contributed by atoms with Crippen molar-refractivity contribution in [1.82, 2.24) is 10.2 Å². The lowest BCUT2D eigenvalue weighted by Crippen LogP contribution is -2.51. The van der Waals surface area contributed by atoms with E-state index in [-0.39, 0.29) is 31.4 Å². The van der Waals surface area contributed by atoms with E-state index in [4.69, 9.17) is 16.3 Å². The molecule has 1 heterocycles. The van der Waals surface area contributed by atoms with E-state index in [1.165, 1.54) is 5.56 Å². The summed E-state index contributed by atoms with van der Waals surface area (Å²) in [5, 5.41) is 3.41. The molecule has 160 valence electrons. The van der Waals surface area contributed by atoms with Gasteiger partial charge in [-0.05, 0) is 61.4 Å². The maximum absolute atomic E-state index is 12.4. The Morgan fingerprint density at radius 2 is 1.70 bits per heavy atom. The number of carbonyl (C=O) groups excluding carboxylic acids is 2. The minimum Gasteiger partial charge on any atom is -0.493 e. The Labute approximate surface area is 182 Å². The average molecular weight is 430 g/mol. The first kappa shape index (κ1) is 22.0. The number of anilines is 1. The Balaban J connectivity index is 1.34. The van der Waals surface area contributed by atoms with Gasteiger partial charge in [0.2, 0.25) is 11.8 Å². The molecular weight excluding hydrogens is 402 g/mol. The molecule has 0 bridgehead atoms. The van der Waals surface area contributed by atoms with E-state index in [1.54, 1.807) is 4.90 Å². The topological polar surface area (TPSA) is 61.9 Å². The maximum atomic E-state index is 12.4. The van der Waals surface area contributed by atoms with Crippen molar-refractivity contribution >= 4 is 29.1 Å². The molecule has 0 atom stereocenters. The van der Waals surface area contributed by atoms with Crippen LogP contribution in [0.5, 0.6) is 5.75 Å². The second-order valence-corrected chi connectivity index (χ2v) is 7.90. The SMILES string of the molecule is Cc1ccc(OCCC(=O)NCC(=O)N2CCN(c3ccc(Cl)cc3)CC2)cc1C. The first-order valence-corrected chi connectivity index (χ1v) is 10.6. The lowest BCUT2D eigenvalue weighted by Gasteiger charge is -2.36. The van der Waals surface area contributed by atoms with E-state index < -0.39 is 0 Å². The molecule has 0 spiro atoms. The van der Waals surface area contributed by atoms with Crippen molar-refractivity contribution < 1.29 is 14.3 Å². The zero-order valence-electron chi connectivity index (χ0n) is 17.5. The number of hydrogen-bond donors (Lipinski definition) is 1. The van der Waals surface area contributed by atoms with E-state index >= 15 is 0 Å². The summed E-state index contributed by atoms with van der Waals surface area (Å²) in [7, 11) is 0. The van der Waals surface area contributed by atoms with Crippen LogP contribution in [0, 0.1) is 13.8 Å². The highest BCUT2D eigenvalue weighted by atomic mass is 35.5. The van der Waals surface area contributed by atoms with Crippen LogP contribution < -0.4 is 15.0 Å². The summed E-state index contributed by atoms with van der Waals surface area (Å²) in [5.74, 6) is 0.502. The highest BCUT2D eigenvalue weighted by Gasteiger charge is 2.21. The van der Waals surface area contributed by atoms with Gasteiger partial charge in [0.1, 0.15) is 5.75 Å². The summed E-state index contributed by atoms with van der Waals surface area (Å²) < 4.78 is 5.63. The lowest BCUT2D eigenvalue weighted by molar-refractivity contribution is -0.133. The number of piperazine rings is 1. The van der Waals surface area contributed by atoms with Gasteiger partial charge in [-0.2, -0.15) is 0 Å². The molecule has 0 radical (unpaired) electrons. The number of carbonyl (C=O) groups is 2. The molecule has 2 aromatic carbocycles. The Kier molecular flexibility index (Phi) is 7.57. The number of nitrogens with one attached hydrogen (secondary N) is 1. The maximum Gasteiger partial charge on any atom is 0.242 e. The summed E-state index contributed by atoms with van der Waals surface area (Å²) in [6.07, 6.45) is 0.213. The Bertz CT molecular complexity index is 878. The normalized spacial score (nSPS) is 13.8. The number of ether oxygens (including phenoxy) is 1. The Morgan fingerprint density at radius 3 is 2.37 bits per heavy atom. The molecule has 0 saturated carbocycles. The van der Waals surface area contributed by atoms with E-state index in [9.17, 15) is 9.59 Å². The molecule has 6 nitrogen and oxygen atoms in total. The van der Waals surface area contributed by atoms with Crippen LogP contribution in [0.2, 0.25) is 5.02 Å². The minimum absolute atomic E-state index is 0.0173. The van der Waals surface area contributed by atoms with E-state index in [2.05, 4.69) is 10.2 Å². The van der Waals surface area contributed by atoms with Crippen molar-refractivity contribution in [3.05, 3.63) is 58.6 Å². The summed E-state index contributed by atoms with van der Waals surface area (Å²) in [4.78, 5) is 28.4. The number of amides is 2. The molecule has 30 heavy (non-hydrogen) atoms. The second kappa shape index (κ2) is 10.3. The van der Waals surface area contributed by atoms with Crippen LogP contribution in [0.25, 0.3) is 0 Å². The zero-order valence-corrected chi connectivity index (χ0v) is 18.2. The largest absolute Gasteiger partial charge is 0.493 e. The number of nitrogens with zero attached hydrogens (tertiary/aromatic N) is 2. The van der Waals surface area contributed by atoms with Crippen LogP contribution in [0.15, 0.2) is 42.5 Å². The van der Waals surface area contributed by atoms with Crippen LogP contribution in [-0.2, 0) is 9.59 Å². The fraction of sp³-hybridized carbons (Fsp3) is 0.391. The molecule has 1 aliphatic heterocycles. The van der Waals surface area contributed by atoms with Crippen molar-refractivity contribution in [2.24, 2.45) is 0 Å². The van der Waals surface area contributed by atoms with Crippen LogP contribution in [-0.4, -0.2) is 56.0 Å². The van der Waals surface area contributed by atoms with Crippen molar-refractivity contribution in [2.75, 3.05) is 44.2 Å². The molecule has 1 N–H and O–H groups in total. The van der Waals surface area contributed by atoms with Gasteiger partial charge in [0.15, 0.2) is 0 Å². The van der Waals surface area contributed by atoms with Crippen LogP contribution in [0.4, 0.5) is 5.69 Å². The molecule has 3 rings (SSSR count). The fourth-order valence-electron chi connectivity index (χ4n) is 3.31. The van der Waals surface area contributed by atoms with Crippen molar-refractivity contribution in [1.29, 1.82) is 0 Å². The highest BCUT2D eigenvalue weighted by Crippen LogP contribution is 2.19. The summed E-state index contributed by atoms with van der Waals surface area (Å²) >= 11 is 5.94. The van der Waals surface area contributed by atoms with Crippen LogP contribution in [0.3, 0.4) is 0 Å². The fourth-order valence-corrected chi connectivity index (χ4v) is 3.43. The molecule has 0 aliphatic carbocycles. The Morgan fingerprint density at radius 1 is 1.00 bits per heavy atom. The second-order valence-electron chi connectivity index (χ2n) is 7.47. The van der Waals surface area contributed by atoms with E-state index in [1.807, 2.05) is 56.3 Å². The Hall–Kier alpha value is -2.73. The minimum atomic E-state index is -0.188. The van der Waals surface area contributed by atoms with Crippen molar-refractivity contribution in [2.45, 2.75) is 20.3 Å². The summed E-state index contributed by atoms with van der Waals surface area (Å²) in [6, 6.07) is 13.6. The predicted octanol–water partition coefficient (Wildman–Crippen LogP) is 3.19. The number of halogens is 1. The van der Waals surface area contributed by atoms with Gasteiger partial charge < -0.3 is 19.9 Å². The molecule has 1 aliphatic rings. The highest BCUT2D eigenvalue weighted by molar-refractivity contribution is 6.30. The molecule has 2 aromatic rings. The van der Waals surface area contributed by atoms with Gasteiger partial charge >= 0.3 is 0 Å². The molecule has 0 aromatic heterocycles. The van der Waals surface area contributed by atoms with Crippen LogP contribution >= 0.6 is 11.6 Å². The third-order valence-corrected chi connectivity index (χ3v) is 5.59. The monoisotopic (exact) mass is 429 g/mol. The molecule has 1 saturated heterocycles. The van der Waals surface area contributed by atoms with Crippen molar-refractivity contribution in [3.63, 3.8) is 0 Å². The number of rotatable bonds is 7. The van der Waals surface area contributed by atoms with E-state index in [0.717, 1.165) is 30.1 Å². The first-order valence-electron chi connectivity index (χ1n) is 10.2. The molecule has 2 amide bonds. The van der Waals surface area contributed by atoms with Gasteiger partial charge in [0, 0.05) is 36.9 Å². The molecule has 1 fully saturated rings. The first-order chi connectivity index (χ1) is 14.4. The van der Waals surface area contributed by atoms with Gasteiger partial charge in [0.25, 0.3) is 0 Å². The number of aryl methyl sites for hydroxylation is 2. The average Bonchev–Trinajstić information content (AvgIpc) is 2.75. The number of benzene rings is 2. The third-order valence-electron chi connectivity index (χ3n) is 5.34. The van der Waals surface area contributed by atoms with Gasteiger partial charge in [0.05, 0.1) is 19.6 Å². The van der Waals surface area contributed by atoms with Gasteiger partial charge in [-0.15, -0.1) is 0 Å². The lowest BCUT2D eigenvalue weighted by atomic mass is 10.1. The predicted molar refractivity (Wildman–Crippen MR) is 119 cm³/mol. The molecule has 0 unspecified atom stereocenters. The smallest absolute Gasteiger partial charge is 0.242 e. The third kappa shape index (κ3) is 6.13. The van der Waals surface area contributed by atoms with Crippen molar-refractivity contribution in [3.8, 4) is 5.75 Å². The quantitative estimate of drug-likeness (QED) is 0.734. The van der Waals surface area contributed by atoms with Gasteiger partial charge in [-0.1, -0.05) is 17.7 Å². The standard InChI is InChI=1S/C23H28ClN3O3/c1-17-3-8-21(15-18(17)2)30-14-9-22(28)25-16-23(29)27-12-10-26(11-13-27)20-6-4-19(24)5-7-20/h3-8,15H,9-14,16H2,1-2H3,(H,25,28). The summed E-state index contributed by atoms with van der Waals surface area (Å²) in [5.41, 5.74) is 3.45. The zero-order chi connectivity index (χ0) is 21.5. The number of hydrogen-bond acceptors (Lipinski definition) is 4.